The van der Waals surface area contributed by atoms with Gasteiger partial charge in [0.1, 0.15) is 0 Å². The lowest BCUT2D eigenvalue weighted by atomic mass is 10.1. The van der Waals surface area contributed by atoms with Crippen LogP contribution in [0.1, 0.15) is 17.3 Å². The number of Topliss-reactive ketones (excluding diaryl/α,β-unsaturated/α-hetero) is 1. The highest BCUT2D eigenvalue weighted by Gasteiger charge is 2.10. The standard InChI is InChI=1S/C11H14N4O2S/c1-7(16)8-4-2-3-5-9(8)14-10(17)6-18-11(12)15-13/h2-5H,6,13H2,1H3,(H2,12,15)(H,14,17). The van der Waals surface area contributed by atoms with Gasteiger partial charge < -0.3 is 16.9 Å². The van der Waals surface area contributed by atoms with Gasteiger partial charge >= 0.3 is 0 Å². The number of anilines is 1. The molecule has 0 saturated heterocycles. The van der Waals surface area contributed by atoms with Gasteiger partial charge in [-0.05, 0) is 19.1 Å². The molecule has 0 fully saturated rings. The largest absolute Gasteiger partial charge is 0.377 e. The third-order valence-electron chi connectivity index (χ3n) is 2.06. The maximum atomic E-state index is 11.6. The van der Waals surface area contributed by atoms with E-state index in [9.17, 15) is 9.59 Å². The van der Waals surface area contributed by atoms with Gasteiger partial charge in [-0.15, -0.1) is 0 Å². The lowest BCUT2D eigenvalue weighted by molar-refractivity contribution is -0.113. The van der Waals surface area contributed by atoms with Crippen LogP contribution in [-0.4, -0.2) is 22.6 Å². The molecule has 96 valence electrons. The van der Waals surface area contributed by atoms with Gasteiger partial charge in [-0.1, -0.05) is 23.9 Å². The van der Waals surface area contributed by atoms with E-state index in [4.69, 9.17) is 11.6 Å². The molecule has 0 heterocycles. The summed E-state index contributed by atoms with van der Waals surface area (Å²) < 4.78 is 0. The fraction of sp³-hybridized carbons (Fsp3) is 0.182. The van der Waals surface area contributed by atoms with Gasteiger partial charge in [-0.3, -0.25) is 9.59 Å². The summed E-state index contributed by atoms with van der Waals surface area (Å²) in [6, 6.07) is 6.80. The van der Waals surface area contributed by atoms with E-state index in [1.54, 1.807) is 24.3 Å². The Morgan fingerprint density at radius 3 is 2.67 bits per heavy atom. The van der Waals surface area contributed by atoms with E-state index in [-0.39, 0.29) is 22.6 Å². The normalized spacial score (nSPS) is 11.1. The zero-order valence-electron chi connectivity index (χ0n) is 9.84. The van der Waals surface area contributed by atoms with Gasteiger partial charge in [0.15, 0.2) is 11.0 Å². The summed E-state index contributed by atoms with van der Waals surface area (Å²) in [6.07, 6.45) is 0. The molecule has 0 saturated carbocycles. The number of nitrogens with zero attached hydrogens (tertiary/aromatic N) is 1. The van der Waals surface area contributed by atoms with E-state index in [1.165, 1.54) is 6.92 Å². The van der Waals surface area contributed by atoms with E-state index in [1.807, 2.05) is 0 Å². The van der Waals surface area contributed by atoms with Crippen LogP contribution < -0.4 is 16.9 Å². The number of amides is 1. The minimum Gasteiger partial charge on any atom is -0.377 e. The van der Waals surface area contributed by atoms with Crippen molar-refractivity contribution in [2.24, 2.45) is 16.7 Å². The molecular weight excluding hydrogens is 252 g/mol. The highest BCUT2D eigenvalue weighted by molar-refractivity contribution is 8.14. The maximum Gasteiger partial charge on any atom is 0.234 e. The lowest BCUT2D eigenvalue weighted by Gasteiger charge is -2.08. The van der Waals surface area contributed by atoms with Gasteiger partial charge in [0.25, 0.3) is 0 Å². The number of thioether (sulfide) groups is 1. The van der Waals surface area contributed by atoms with Gasteiger partial charge in [-0.25, -0.2) is 0 Å². The average molecular weight is 266 g/mol. The van der Waals surface area contributed by atoms with Crippen LogP contribution in [0, 0.1) is 0 Å². The van der Waals surface area contributed by atoms with E-state index in [2.05, 4.69) is 10.4 Å². The minimum atomic E-state index is -0.277. The van der Waals surface area contributed by atoms with Crippen molar-refractivity contribution in [3.05, 3.63) is 29.8 Å². The molecule has 1 amide bonds. The first-order valence-corrected chi connectivity index (χ1v) is 6.09. The zero-order chi connectivity index (χ0) is 13.5. The number of carbonyl (C=O) groups is 2. The number of para-hydroxylation sites is 1. The molecule has 1 aromatic rings. The molecule has 6 nitrogen and oxygen atoms in total. The van der Waals surface area contributed by atoms with Crippen molar-refractivity contribution in [2.75, 3.05) is 11.1 Å². The second kappa shape index (κ2) is 6.65. The molecule has 7 heteroatoms. The summed E-state index contributed by atoms with van der Waals surface area (Å²) in [7, 11) is 0. The predicted molar refractivity (Wildman–Crippen MR) is 73.3 cm³/mol. The summed E-state index contributed by atoms with van der Waals surface area (Å²) >= 11 is 1.02. The summed E-state index contributed by atoms with van der Waals surface area (Å²) in [6.45, 7) is 1.44. The molecule has 0 radical (unpaired) electrons. The molecule has 0 aliphatic heterocycles. The summed E-state index contributed by atoms with van der Waals surface area (Å²) in [5.41, 5.74) is 6.30. The van der Waals surface area contributed by atoms with E-state index >= 15 is 0 Å². The molecule has 5 N–H and O–H groups in total. The molecule has 1 rings (SSSR count). The monoisotopic (exact) mass is 266 g/mol. The zero-order valence-corrected chi connectivity index (χ0v) is 10.7. The van der Waals surface area contributed by atoms with Gasteiger partial charge in [0, 0.05) is 5.56 Å². The molecular formula is C11H14N4O2S. The van der Waals surface area contributed by atoms with Crippen molar-refractivity contribution in [1.82, 2.24) is 0 Å². The summed E-state index contributed by atoms with van der Waals surface area (Å²) in [4.78, 5) is 23.0. The molecule has 0 aliphatic carbocycles. The molecule has 0 spiro atoms. The number of ketones is 1. The SMILES string of the molecule is CC(=O)c1ccccc1NC(=O)CSC(N)=NN. The van der Waals surface area contributed by atoms with Crippen molar-refractivity contribution in [3.63, 3.8) is 0 Å². The van der Waals surface area contributed by atoms with Crippen LogP contribution in [0.3, 0.4) is 0 Å². The number of carbonyl (C=O) groups excluding carboxylic acids is 2. The molecule has 1 aromatic carbocycles. The van der Waals surface area contributed by atoms with Gasteiger partial charge in [-0.2, -0.15) is 5.10 Å². The van der Waals surface area contributed by atoms with Gasteiger partial charge in [0.2, 0.25) is 5.91 Å². The Morgan fingerprint density at radius 1 is 1.39 bits per heavy atom. The molecule has 0 bridgehead atoms. The third kappa shape index (κ3) is 4.10. The Bertz CT molecular complexity index is 488. The fourth-order valence-electron chi connectivity index (χ4n) is 1.26. The summed E-state index contributed by atoms with van der Waals surface area (Å²) in [5.74, 6) is 4.64. The first-order valence-electron chi connectivity index (χ1n) is 5.10. The van der Waals surface area contributed by atoms with Crippen molar-refractivity contribution >= 4 is 34.3 Å². The van der Waals surface area contributed by atoms with Crippen molar-refractivity contribution in [3.8, 4) is 0 Å². The predicted octanol–water partition coefficient (Wildman–Crippen LogP) is 0.749. The maximum absolute atomic E-state index is 11.6. The second-order valence-electron chi connectivity index (χ2n) is 3.41. The minimum absolute atomic E-state index is 0.0821. The van der Waals surface area contributed by atoms with E-state index in [0.29, 0.717) is 11.3 Å². The first-order chi connectivity index (χ1) is 8.54. The third-order valence-corrected chi connectivity index (χ3v) is 2.87. The highest BCUT2D eigenvalue weighted by Crippen LogP contribution is 2.15. The van der Waals surface area contributed by atoms with Crippen LogP contribution in [0.2, 0.25) is 0 Å². The topological polar surface area (TPSA) is 111 Å². The molecule has 0 aliphatic rings. The van der Waals surface area contributed by atoms with Crippen LogP contribution in [0.4, 0.5) is 5.69 Å². The smallest absolute Gasteiger partial charge is 0.234 e. The molecule has 0 unspecified atom stereocenters. The van der Waals surface area contributed by atoms with Crippen LogP contribution in [0.15, 0.2) is 29.4 Å². The lowest BCUT2D eigenvalue weighted by Crippen LogP contribution is -2.19. The Kier molecular flexibility index (Phi) is 5.19. The number of rotatable bonds is 4. The van der Waals surface area contributed by atoms with Crippen LogP contribution >= 0.6 is 11.8 Å². The quantitative estimate of drug-likeness (QED) is 0.245. The Labute approximate surface area is 109 Å². The number of hydrazone groups is 1. The number of hydrogen-bond donors (Lipinski definition) is 3. The van der Waals surface area contributed by atoms with Crippen molar-refractivity contribution < 1.29 is 9.59 Å². The number of nitrogens with one attached hydrogen (secondary N) is 1. The van der Waals surface area contributed by atoms with E-state index in [0.717, 1.165) is 11.8 Å². The fourth-order valence-corrected chi connectivity index (χ4v) is 1.69. The van der Waals surface area contributed by atoms with Crippen LogP contribution in [-0.2, 0) is 4.79 Å². The van der Waals surface area contributed by atoms with E-state index < -0.39 is 0 Å². The van der Waals surface area contributed by atoms with Crippen LogP contribution in [0.25, 0.3) is 0 Å². The first kappa shape index (κ1) is 14.0. The second-order valence-corrected chi connectivity index (χ2v) is 4.40. The Balaban J connectivity index is 2.67. The highest BCUT2D eigenvalue weighted by atomic mass is 32.2. The molecule has 0 aromatic heterocycles. The molecule has 18 heavy (non-hydrogen) atoms. The van der Waals surface area contributed by atoms with Crippen molar-refractivity contribution in [2.45, 2.75) is 6.92 Å². The number of hydrogen-bond acceptors (Lipinski definition) is 5. The number of nitrogens with two attached hydrogens (primary N) is 2. The summed E-state index contributed by atoms with van der Waals surface area (Å²) in [5, 5.41) is 6.01. The van der Waals surface area contributed by atoms with Gasteiger partial charge in [0.05, 0.1) is 11.4 Å². The number of benzene rings is 1. The molecule has 0 atom stereocenters. The average Bonchev–Trinajstić information content (AvgIpc) is 2.36. The van der Waals surface area contributed by atoms with Crippen molar-refractivity contribution in [1.29, 1.82) is 0 Å². The van der Waals surface area contributed by atoms with Crippen LogP contribution in [0.5, 0.6) is 0 Å². The Morgan fingerprint density at radius 2 is 2.06 bits per heavy atom. The Hall–Kier alpha value is -2.02. The number of amidine groups is 1.